The van der Waals surface area contributed by atoms with Crippen LogP contribution < -0.4 is 16.6 Å². The Morgan fingerprint density at radius 3 is 2.64 bits per heavy atom. The van der Waals surface area contributed by atoms with E-state index in [4.69, 9.17) is 0 Å². The van der Waals surface area contributed by atoms with Gasteiger partial charge in [-0.2, -0.15) is 0 Å². The lowest BCUT2D eigenvalue weighted by atomic mass is 10.0. The standard InChI is InChI=1S/C9H18N2O2S/c10-6-5-14-7(9(6)11)3-1-2-4-8(12)13/h6-7,9H,1-5,10-11H2,(H,12,13)/p+1/t6-,7-,9+/m0/s1. The molecule has 0 unspecified atom stereocenters. The Morgan fingerprint density at radius 2 is 2.14 bits per heavy atom. The summed E-state index contributed by atoms with van der Waals surface area (Å²) in [5.74, 6) is 0.157. The lowest BCUT2D eigenvalue weighted by Crippen LogP contribution is -2.80. The van der Waals surface area contributed by atoms with Gasteiger partial charge in [0.2, 0.25) is 0 Å². The molecular weight excluding hydrogens is 200 g/mol. The number of carbonyl (C=O) groups is 1. The fraction of sp³-hybridized carbons (Fsp3) is 0.889. The number of thioether (sulfide) groups is 1. The molecule has 1 heterocycles. The highest BCUT2D eigenvalue weighted by atomic mass is 32.2. The predicted octanol–water partition coefficient (Wildman–Crippen LogP) is -2.37. The van der Waals surface area contributed by atoms with Gasteiger partial charge in [0.15, 0.2) is 0 Å². The highest BCUT2D eigenvalue weighted by Crippen LogP contribution is 2.27. The van der Waals surface area contributed by atoms with E-state index in [1.165, 1.54) is 0 Å². The quantitative estimate of drug-likeness (QED) is 0.506. The summed E-state index contributed by atoms with van der Waals surface area (Å²) in [6.07, 6.45) is 2.95. The van der Waals surface area contributed by atoms with Crippen LogP contribution in [0.5, 0.6) is 0 Å². The monoisotopic (exact) mass is 219 g/mol. The summed E-state index contributed by atoms with van der Waals surface area (Å²) >= 11 is 1.93. The van der Waals surface area contributed by atoms with Gasteiger partial charge in [0.05, 0.1) is 11.0 Å². The fourth-order valence-corrected chi connectivity index (χ4v) is 3.25. The van der Waals surface area contributed by atoms with Crippen LogP contribution in [0.4, 0.5) is 0 Å². The summed E-state index contributed by atoms with van der Waals surface area (Å²) in [5.41, 5.74) is 8.14. The Kier molecular flexibility index (Phi) is 4.71. The normalized spacial score (nSPS) is 32.0. The van der Waals surface area contributed by atoms with Gasteiger partial charge in [-0.25, -0.2) is 0 Å². The van der Waals surface area contributed by atoms with Crippen LogP contribution in [0.1, 0.15) is 25.7 Å². The average molecular weight is 219 g/mol. The van der Waals surface area contributed by atoms with Crippen LogP contribution in [-0.2, 0) is 4.79 Å². The van der Waals surface area contributed by atoms with Crippen LogP contribution in [0, 0.1) is 0 Å². The van der Waals surface area contributed by atoms with Crippen molar-refractivity contribution in [2.24, 2.45) is 0 Å². The van der Waals surface area contributed by atoms with Gasteiger partial charge in [-0.05, 0) is 19.3 Å². The number of hydrogen-bond acceptors (Lipinski definition) is 3. The van der Waals surface area contributed by atoms with E-state index in [9.17, 15) is 9.90 Å². The molecule has 14 heavy (non-hydrogen) atoms. The molecule has 0 aromatic rings. The van der Waals surface area contributed by atoms with Gasteiger partial charge >= 0.3 is 0 Å². The van der Waals surface area contributed by atoms with E-state index in [2.05, 4.69) is 11.5 Å². The molecule has 5 heteroatoms. The first-order chi connectivity index (χ1) is 6.61. The number of aliphatic carboxylic acids is 1. The van der Waals surface area contributed by atoms with Crippen molar-refractivity contribution in [3.8, 4) is 0 Å². The fourth-order valence-electron chi connectivity index (χ4n) is 1.71. The summed E-state index contributed by atoms with van der Waals surface area (Å²) in [4.78, 5) is 10.2. The van der Waals surface area contributed by atoms with Crippen LogP contribution >= 0.6 is 11.8 Å². The number of unbranched alkanes of at least 4 members (excludes halogenated alkanes) is 1. The molecule has 0 amide bonds. The van der Waals surface area contributed by atoms with Crippen LogP contribution in [0.25, 0.3) is 0 Å². The summed E-state index contributed by atoms with van der Waals surface area (Å²) < 4.78 is 0. The van der Waals surface area contributed by atoms with E-state index in [1.54, 1.807) is 0 Å². The molecule has 0 spiro atoms. The van der Waals surface area contributed by atoms with Crippen molar-refractivity contribution >= 4 is 17.7 Å². The van der Waals surface area contributed by atoms with Crippen molar-refractivity contribution in [1.29, 1.82) is 0 Å². The minimum absolute atomic E-state index is 0.187. The molecule has 1 fully saturated rings. The maximum absolute atomic E-state index is 10.2. The highest BCUT2D eigenvalue weighted by molar-refractivity contribution is 8.00. The third-order valence-corrected chi connectivity index (χ3v) is 4.36. The molecule has 4 nitrogen and oxygen atoms in total. The second kappa shape index (κ2) is 5.58. The average Bonchev–Trinajstić information content (AvgIpc) is 2.43. The molecule has 3 atom stereocenters. The highest BCUT2D eigenvalue weighted by Gasteiger charge is 2.36. The number of carbonyl (C=O) groups excluding carboxylic acids is 1. The van der Waals surface area contributed by atoms with Crippen LogP contribution in [0.3, 0.4) is 0 Å². The maximum Gasteiger partial charge on any atom is 0.149 e. The number of rotatable bonds is 5. The number of hydrogen-bond donors (Lipinski definition) is 2. The molecule has 1 saturated heterocycles. The second-order valence-electron chi connectivity index (χ2n) is 3.91. The molecule has 0 bridgehead atoms. The second-order valence-corrected chi connectivity index (χ2v) is 5.19. The molecule has 0 aliphatic carbocycles. The van der Waals surface area contributed by atoms with Gasteiger partial charge in [-0.3, -0.25) is 0 Å². The number of carboxylic acid groups (broad SMARTS) is 1. The number of carboxylic acids is 1. The zero-order chi connectivity index (χ0) is 10.6. The molecule has 0 aromatic heterocycles. The number of quaternary nitrogens is 2. The Balaban J connectivity index is 2.10. The van der Waals surface area contributed by atoms with Gasteiger partial charge in [-0.15, -0.1) is 11.8 Å². The van der Waals surface area contributed by atoms with E-state index in [1.807, 2.05) is 11.8 Å². The zero-order valence-corrected chi connectivity index (χ0v) is 9.22. The molecule has 0 aromatic carbocycles. The van der Waals surface area contributed by atoms with E-state index in [0.717, 1.165) is 25.0 Å². The minimum Gasteiger partial charge on any atom is -0.550 e. The molecule has 6 N–H and O–H groups in total. The first kappa shape index (κ1) is 11.8. The molecule has 0 saturated carbocycles. The minimum atomic E-state index is -0.940. The van der Waals surface area contributed by atoms with Crippen molar-refractivity contribution in [3.63, 3.8) is 0 Å². The van der Waals surface area contributed by atoms with Gasteiger partial charge in [0.1, 0.15) is 12.1 Å². The Bertz CT molecular complexity index is 201. The molecular formula is C9H19N2O2S+. The topological polar surface area (TPSA) is 95.4 Å². The Hall–Kier alpha value is -0.260. The van der Waals surface area contributed by atoms with Gasteiger partial charge in [-0.1, -0.05) is 6.42 Å². The first-order valence-corrected chi connectivity index (χ1v) is 6.13. The summed E-state index contributed by atoms with van der Waals surface area (Å²) in [7, 11) is 0. The van der Waals surface area contributed by atoms with Crippen LogP contribution in [0.15, 0.2) is 0 Å². The molecule has 1 aliphatic rings. The van der Waals surface area contributed by atoms with E-state index < -0.39 is 5.97 Å². The van der Waals surface area contributed by atoms with Crippen LogP contribution in [-0.4, -0.2) is 29.1 Å². The smallest absolute Gasteiger partial charge is 0.149 e. The molecule has 82 valence electrons. The predicted molar refractivity (Wildman–Crippen MR) is 53.1 cm³/mol. The summed E-state index contributed by atoms with van der Waals surface area (Å²) in [5, 5.41) is 10.8. The van der Waals surface area contributed by atoms with Crippen LogP contribution in [0.2, 0.25) is 0 Å². The third kappa shape index (κ3) is 3.48. The molecule has 0 radical (unpaired) electrons. The lowest BCUT2D eigenvalue weighted by molar-refractivity contribution is -0.520. The molecule has 1 aliphatic heterocycles. The zero-order valence-electron chi connectivity index (χ0n) is 8.41. The third-order valence-electron chi connectivity index (χ3n) is 2.73. The summed E-state index contributed by atoms with van der Waals surface area (Å²) in [6.45, 7) is 0. The SMILES string of the molecule is [NH3+][C@H]1[C@H](CCCCC(=O)[O-])SC[C@@H]1[NH3+]. The van der Waals surface area contributed by atoms with Crippen molar-refractivity contribution < 1.29 is 21.4 Å². The Labute approximate surface area is 88.4 Å². The summed E-state index contributed by atoms with van der Waals surface area (Å²) in [6, 6.07) is 0.897. The van der Waals surface area contributed by atoms with Crippen molar-refractivity contribution in [1.82, 2.24) is 0 Å². The van der Waals surface area contributed by atoms with Crippen molar-refractivity contribution in [2.45, 2.75) is 43.0 Å². The maximum atomic E-state index is 10.2. The van der Waals surface area contributed by atoms with Gasteiger partial charge in [0.25, 0.3) is 0 Å². The van der Waals surface area contributed by atoms with E-state index in [0.29, 0.717) is 17.3 Å². The van der Waals surface area contributed by atoms with E-state index >= 15 is 0 Å². The Morgan fingerprint density at radius 1 is 1.43 bits per heavy atom. The van der Waals surface area contributed by atoms with Crippen molar-refractivity contribution in [3.05, 3.63) is 0 Å². The van der Waals surface area contributed by atoms with Gasteiger partial charge < -0.3 is 21.4 Å². The van der Waals surface area contributed by atoms with Crippen molar-refractivity contribution in [2.75, 3.05) is 5.75 Å². The van der Waals surface area contributed by atoms with Gasteiger partial charge in [0, 0.05) is 5.97 Å². The van der Waals surface area contributed by atoms with E-state index in [-0.39, 0.29) is 6.42 Å². The lowest BCUT2D eigenvalue weighted by Gasteiger charge is -2.11. The molecule has 1 rings (SSSR count). The first-order valence-electron chi connectivity index (χ1n) is 5.09. The largest absolute Gasteiger partial charge is 0.550 e.